The Morgan fingerprint density at radius 1 is 1.06 bits per heavy atom. The number of fused-ring (bicyclic) bond motifs is 2. The minimum Gasteiger partial charge on any atom is -0.385 e. The summed E-state index contributed by atoms with van der Waals surface area (Å²) in [6.07, 6.45) is 4.95. The number of aliphatic hydroxyl groups excluding tert-OH is 1. The highest BCUT2D eigenvalue weighted by atomic mass is 35.5. The van der Waals surface area contributed by atoms with Crippen LogP contribution in [0, 0.1) is 23.6 Å². The zero-order valence-corrected chi connectivity index (χ0v) is 17.9. The van der Waals surface area contributed by atoms with Gasteiger partial charge in [0.1, 0.15) is 11.9 Å². The maximum Gasteiger partial charge on any atom is 0.165 e. The lowest BCUT2D eigenvalue weighted by atomic mass is 9.87. The van der Waals surface area contributed by atoms with Gasteiger partial charge in [0.05, 0.1) is 5.52 Å². The van der Waals surface area contributed by atoms with Crippen LogP contribution < -0.4 is 0 Å². The lowest BCUT2D eigenvalue weighted by Crippen LogP contribution is -2.30. The Balaban J connectivity index is 1.24. The van der Waals surface area contributed by atoms with Crippen molar-refractivity contribution in [1.82, 2.24) is 4.98 Å². The molecule has 0 saturated heterocycles. The minimum absolute atomic E-state index is 0.0300. The molecule has 0 bridgehead atoms. The highest BCUT2D eigenvalue weighted by Crippen LogP contribution is 2.53. The number of aromatic nitrogens is 1. The van der Waals surface area contributed by atoms with Gasteiger partial charge in [-0.1, -0.05) is 23.7 Å². The van der Waals surface area contributed by atoms with Crippen molar-refractivity contribution in [2.24, 2.45) is 17.8 Å². The summed E-state index contributed by atoms with van der Waals surface area (Å²) in [5.74, 6) is 1.07. The molecule has 31 heavy (non-hydrogen) atoms. The Hall–Kier alpha value is -2.30. The maximum absolute atomic E-state index is 13.8. The monoisotopic (exact) mass is 437 g/mol. The Morgan fingerprint density at radius 3 is 2.48 bits per heavy atom. The highest BCUT2D eigenvalue weighted by Gasteiger charge is 2.45. The first kappa shape index (κ1) is 20.6. The standard InChI is InChI=1S/C26H25ClFNO2/c27-20-3-1-15(2-4-20)9-25(30)26(31)19-12-16-10-18(11-17(16)13-19)22-7-8-29-24-6-5-21(28)14-23(22)24/h1-8,14,16-19,26,31H,9-13H2/t16-,17+,18?,19?,26?. The van der Waals surface area contributed by atoms with Crippen LogP contribution in [0.3, 0.4) is 0 Å². The van der Waals surface area contributed by atoms with E-state index in [2.05, 4.69) is 4.98 Å². The summed E-state index contributed by atoms with van der Waals surface area (Å²) >= 11 is 5.91. The van der Waals surface area contributed by atoms with Gasteiger partial charge in [0.15, 0.2) is 5.78 Å². The molecule has 5 rings (SSSR count). The first-order valence-electron chi connectivity index (χ1n) is 11.0. The molecule has 5 atom stereocenters. The summed E-state index contributed by atoms with van der Waals surface area (Å²) in [6.45, 7) is 0. The fourth-order valence-electron chi connectivity index (χ4n) is 5.84. The average Bonchev–Trinajstić information content (AvgIpc) is 3.33. The van der Waals surface area contributed by atoms with Crippen molar-refractivity contribution in [3.05, 3.63) is 76.7 Å². The number of benzene rings is 2. The summed E-state index contributed by atoms with van der Waals surface area (Å²) in [6, 6.07) is 14.0. The molecule has 1 N–H and O–H groups in total. The second-order valence-corrected chi connectivity index (χ2v) is 9.63. The van der Waals surface area contributed by atoms with Gasteiger partial charge >= 0.3 is 0 Å². The van der Waals surface area contributed by atoms with Crippen LogP contribution in [-0.4, -0.2) is 22.0 Å². The number of aliphatic hydroxyl groups is 1. The Bertz CT molecular complexity index is 1100. The van der Waals surface area contributed by atoms with Gasteiger partial charge in [0.25, 0.3) is 0 Å². The maximum atomic E-state index is 13.8. The number of carbonyl (C=O) groups is 1. The number of halogens is 2. The predicted octanol–water partition coefficient (Wildman–Crippen LogP) is 5.72. The second kappa shape index (κ2) is 8.33. The van der Waals surface area contributed by atoms with Crippen molar-refractivity contribution in [3.8, 4) is 0 Å². The van der Waals surface area contributed by atoms with Crippen LogP contribution in [0.2, 0.25) is 5.02 Å². The van der Waals surface area contributed by atoms with Crippen LogP contribution in [-0.2, 0) is 11.2 Å². The zero-order chi connectivity index (χ0) is 21.5. The quantitative estimate of drug-likeness (QED) is 0.555. The molecule has 0 radical (unpaired) electrons. The van der Waals surface area contributed by atoms with E-state index in [1.165, 1.54) is 11.6 Å². The Morgan fingerprint density at radius 2 is 1.77 bits per heavy atom. The number of pyridine rings is 1. The number of Topliss-reactive ketones (excluding diaryl/α,β-unsaturated/α-hetero) is 1. The van der Waals surface area contributed by atoms with E-state index in [4.69, 9.17) is 11.6 Å². The number of rotatable bonds is 5. The highest BCUT2D eigenvalue weighted by molar-refractivity contribution is 6.30. The van der Waals surface area contributed by atoms with E-state index in [-0.39, 0.29) is 23.9 Å². The number of nitrogens with zero attached hydrogens (tertiary/aromatic N) is 1. The van der Waals surface area contributed by atoms with Crippen LogP contribution in [0.4, 0.5) is 4.39 Å². The van der Waals surface area contributed by atoms with E-state index in [1.807, 2.05) is 24.4 Å². The fourth-order valence-corrected chi connectivity index (χ4v) is 5.97. The third kappa shape index (κ3) is 4.11. The summed E-state index contributed by atoms with van der Waals surface area (Å²) in [5, 5.41) is 12.3. The molecule has 5 heteroatoms. The Kier molecular flexibility index (Phi) is 5.53. The molecule has 3 nitrogen and oxygen atoms in total. The molecule has 2 saturated carbocycles. The summed E-state index contributed by atoms with van der Waals surface area (Å²) in [5.41, 5.74) is 2.88. The average molecular weight is 438 g/mol. The topological polar surface area (TPSA) is 50.2 Å². The SMILES string of the molecule is O=C(Cc1ccc(Cl)cc1)C(O)C1C[C@H]2CC(c3ccnc4ccc(F)cc34)C[C@H]2C1. The molecular formula is C26H25ClFNO2. The molecule has 0 amide bonds. The molecule has 1 aromatic heterocycles. The van der Waals surface area contributed by atoms with Gasteiger partial charge in [-0.15, -0.1) is 0 Å². The van der Waals surface area contributed by atoms with E-state index < -0.39 is 6.10 Å². The van der Waals surface area contributed by atoms with Crippen LogP contribution in [0.15, 0.2) is 54.7 Å². The number of carbonyl (C=O) groups excluding carboxylic acids is 1. The molecule has 2 aromatic carbocycles. The summed E-state index contributed by atoms with van der Waals surface area (Å²) in [4.78, 5) is 17.0. The van der Waals surface area contributed by atoms with Gasteiger partial charge in [0.2, 0.25) is 0 Å². The third-order valence-electron chi connectivity index (χ3n) is 7.30. The van der Waals surface area contributed by atoms with Crippen molar-refractivity contribution >= 4 is 28.3 Å². The molecule has 0 spiro atoms. The van der Waals surface area contributed by atoms with E-state index in [9.17, 15) is 14.3 Å². The molecule has 3 unspecified atom stereocenters. The lowest BCUT2D eigenvalue weighted by molar-refractivity contribution is -0.129. The van der Waals surface area contributed by atoms with E-state index in [1.54, 1.807) is 24.3 Å². The van der Waals surface area contributed by atoms with Crippen molar-refractivity contribution in [2.75, 3.05) is 0 Å². The van der Waals surface area contributed by atoms with Crippen molar-refractivity contribution in [3.63, 3.8) is 0 Å². The number of hydrogen-bond acceptors (Lipinski definition) is 3. The van der Waals surface area contributed by atoms with Gasteiger partial charge in [-0.05, 0) is 96.9 Å². The number of hydrogen-bond donors (Lipinski definition) is 1. The van der Waals surface area contributed by atoms with E-state index in [0.717, 1.165) is 42.1 Å². The molecule has 3 aromatic rings. The molecule has 2 aliphatic rings. The largest absolute Gasteiger partial charge is 0.385 e. The van der Waals surface area contributed by atoms with Crippen LogP contribution in [0.1, 0.15) is 42.7 Å². The molecule has 2 fully saturated rings. The van der Waals surface area contributed by atoms with Crippen LogP contribution >= 0.6 is 11.6 Å². The summed E-state index contributed by atoms with van der Waals surface area (Å²) in [7, 11) is 0. The second-order valence-electron chi connectivity index (χ2n) is 9.20. The zero-order valence-electron chi connectivity index (χ0n) is 17.2. The molecule has 1 heterocycles. The van der Waals surface area contributed by atoms with Crippen molar-refractivity contribution in [1.29, 1.82) is 0 Å². The van der Waals surface area contributed by atoms with Gasteiger partial charge in [-0.3, -0.25) is 9.78 Å². The van der Waals surface area contributed by atoms with Crippen LogP contribution in [0.25, 0.3) is 10.9 Å². The normalized spacial score (nSPS) is 26.2. The minimum atomic E-state index is -0.907. The van der Waals surface area contributed by atoms with E-state index >= 15 is 0 Å². The lowest BCUT2D eigenvalue weighted by Gasteiger charge is -2.20. The molecule has 0 aliphatic heterocycles. The number of ketones is 1. The first-order valence-corrected chi connectivity index (χ1v) is 11.3. The van der Waals surface area contributed by atoms with Crippen molar-refractivity contribution < 1.29 is 14.3 Å². The summed E-state index contributed by atoms with van der Waals surface area (Å²) < 4.78 is 13.8. The fraction of sp³-hybridized carbons (Fsp3) is 0.385. The van der Waals surface area contributed by atoms with E-state index in [0.29, 0.717) is 22.8 Å². The smallest absolute Gasteiger partial charge is 0.165 e. The Labute approximate surface area is 186 Å². The van der Waals surface area contributed by atoms with Gasteiger partial charge in [0, 0.05) is 23.0 Å². The first-order chi connectivity index (χ1) is 15.0. The molecule has 160 valence electrons. The van der Waals surface area contributed by atoms with Gasteiger partial charge in [-0.2, -0.15) is 0 Å². The molecule has 2 aliphatic carbocycles. The molecular weight excluding hydrogens is 413 g/mol. The van der Waals surface area contributed by atoms with Gasteiger partial charge in [-0.25, -0.2) is 4.39 Å². The predicted molar refractivity (Wildman–Crippen MR) is 120 cm³/mol. The van der Waals surface area contributed by atoms with Gasteiger partial charge < -0.3 is 5.11 Å². The third-order valence-corrected chi connectivity index (χ3v) is 7.55. The van der Waals surface area contributed by atoms with Crippen LogP contribution in [0.5, 0.6) is 0 Å². The van der Waals surface area contributed by atoms with Crippen molar-refractivity contribution in [2.45, 2.75) is 44.1 Å².